The summed E-state index contributed by atoms with van der Waals surface area (Å²) in [5.74, 6) is 1.85. The molecule has 2 aliphatic rings. The van der Waals surface area contributed by atoms with Crippen molar-refractivity contribution in [2.24, 2.45) is 0 Å². The smallest absolute Gasteiger partial charge is 0.0696 e. The number of hydrogen-bond donors (Lipinski definition) is 2. The van der Waals surface area contributed by atoms with Crippen LogP contribution in [-0.4, -0.2) is 22.0 Å². The molecule has 0 bridgehead atoms. The molecule has 2 atom stereocenters. The van der Waals surface area contributed by atoms with Gasteiger partial charge in [-0.15, -0.1) is 0 Å². The summed E-state index contributed by atoms with van der Waals surface area (Å²) >= 11 is 14.6. The Morgan fingerprint density at radius 2 is 1.55 bits per heavy atom. The zero-order chi connectivity index (χ0) is 14.6. The van der Waals surface area contributed by atoms with Crippen molar-refractivity contribution >= 4 is 90.2 Å². The van der Waals surface area contributed by atoms with Crippen LogP contribution in [0.5, 0.6) is 0 Å². The SMILES string of the molecule is CC(CS)SS1(SC(C)CS)C=CSC1=C1SC=CS1. The molecule has 0 aromatic heterocycles. The Balaban J connectivity index is 2.29. The normalized spacial score (nSPS) is 31.6. The Labute approximate surface area is 154 Å². The average molecular weight is 419 g/mol. The van der Waals surface area contributed by atoms with Gasteiger partial charge in [0.25, 0.3) is 0 Å². The Hall–Kier alpha value is 2.02. The Kier molecular flexibility index (Phi) is 8.04. The maximum absolute atomic E-state index is 4.48. The highest BCUT2D eigenvalue weighted by Gasteiger charge is 2.37. The minimum absolute atomic E-state index is 0.566. The van der Waals surface area contributed by atoms with Crippen LogP contribution in [0.4, 0.5) is 0 Å². The van der Waals surface area contributed by atoms with E-state index < -0.39 is 8.09 Å². The first-order valence-electron chi connectivity index (χ1n) is 6.08. The van der Waals surface area contributed by atoms with E-state index in [9.17, 15) is 0 Å². The van der Waals surface area contributed by atoms with Crippen molar-refractivity contribution in [1.82, 2.24) is 0 Å². The van der Waals surface area contributed by atoms with Crippen molar-refractivity contribution in [3.8, 4) is 0 Å². The summed E-state index contributed by atoms with van der Waals surface area (Å²) in [4.78, 5) is 0. The van der Waals surface area contributed by atoms with Crippen LogP contribution in [0.2, 0.25) is 0 Å². The van der Waals surface area contributed by atoms with Gasteiger partial charge in [0.05, 0.1) is 8.47 Å². The van der Waals surface area contributed by atoms with E-state index in [0.717, 1.165) is 11.5 Å². The van der Waals surface area contributed by atoms with E-state index >= 15 is 0 Å². The summed E-state index contributed by atoms with van der Waals surface area (Å²) in [5.41, 5.74) is 0. The van der Waals surface area contributed by atoms with Gasteiger partial charge in [0, 0.05) is 22.0 Å². The van der Waals surface area contributed by atoms with E-state index in [1.807, 2.05) is 35.3 Å². The fraction of sp³-hybridized carbons (Fsp3) is 0.500. The first-order valence-corrected chi connectivity index (χ1v) is 14.5. The van der Waals surface area contributed by atoms with Gasteiger partial charge in [-0.2, -0.15) is 25.3 Å². The zero-order valence-corrected chi connectivity index (χ0v) is 17.9. The molecule has 0 N–H and O–H groups in total. The molecule has 2 unspecified atom stereocenters. The van der Waals surface area contributed by atoms with Gasteiger partial charge in [0.2, 0.25) is 0 Å². The molecule has 0 aliphatic carbocycles. The largest absolute Gasteiger partial charge is 0.178 e. The zero-order valence-electron chi connectivity index (χ0n) is 11.2. The number of hydrogen-bond acceptors (Lipinski definition) is 7. The van der Waals surface area contributed by atoms with Gasteiger partial charge < -0.3 is 0 Å². The van der Waals surface area contributed by atoms with Crippen LogP contribution in [0.15, 0.2) is 30.1 Å². The van der Waals surface area contributed by atoms with Gasteiger partial charge in [-0.05, 0) is 21.6 Å². The Bertz CT molecular complexity index is 405. The number of thioether (sulfide) groups is 3. The van der Waals surface area contributed by atoms with Crippen LogP contribution in [-0.2, 0) is 0 Å². The molecular formula is C12H18S8. The quantitative estimate of drug-likeness (QED) is 0.350. The van der Waals surface area contributed by atoms with Gasteiger partial charge >= 0.3 is 0 Å². The Morgan fingerprint density at radius 1 is 1.00 bits per heavy atom. The lowest BCUT2D eigenvalue weighted by atomic mass is 10.6. The predicted molar refractivity (Wildman–Crippen MR) is 117 cm³/mol. The molecular weight excluding hydrogens is 401 g/mol. The molecule has 2 aliphatic heterocycles. The maximum atomic E-state index is 4.48. The summed E-state index contributed by atoms with van der Waals surface area (Å²) in [5, 5.41) is 10.3. The summed E-state index contributed by atoms with van der Waals surface area (Å²) in [6.07, 6.45) is 0. The van der Waals surface area contributed by atoms with E-state index in [2.05, 4.69) is 82.3 Å². The second-order valence-electron chi connectivity index (χ2n) is 4.20. The molecule has 20 heavy (non-hydrogen) atoms. The van der Waals surface area contributed by atoms with Crippen LogP contribution in [0.25, 0.3) is 0 Å². The lowest BCUT2D eigenvalue weighted by Crippen LogP contribution is -2.05. The second-order valence-corrected chi connectivity index (χ2v) is 16.9. The molecule has 0 saturated heterocycles. The number of thiol groups is 2. The van der Waals surface area contributed by atoms with E-state index in [4.69, 9.17) is 0 Å². The standard InChI is InChI=1S/C12H18S8/c1-9(7-13)18-20(19-10(2)8-14)6-5-17-12(20)11-15-3-4-16-11/h3-6,9-10,13-14H,7-8H2,1-2H3. The van der Waals surface area contributed by atoms with Crippen molar-refractivity contribution in [1.29, 1.82) is 0 Å². The van der Waals surface area contributed by atoms with Crippen LogP contribution in [0.3, 0.4) is 0 Å². The van der Waals surface area contributed by atoms with Crippen molar-refractivity contribution < 1.29 is 0 Å². The third-order valence-electron chi connectivity index (χ3n) is 2.37. The third kappa shape index (κ3) is 4.52. The minimum atomic E-state index is -0.992. The molecule has 0 aromatic rings. The summed E-state index contributed by atoms with van der Waals surface area (Å²) in [7, 11) is 3.23. The predicted octanol–water partition coefficient (Wildman–Crippen LogP) is 7.02. The molecule has 0 spiro atoms. The topological polar surface area (TPSA) is 0 Å². The van der Waals surface area contributed by atoms with Gasteiger partial charge in [-0.3, -0.25) is 0 Å². The maximum Gasteiger partial charge on any atom is 0.0696 e. The fourth-order valence-electron chi connectivity index (χ4n) is 1.48. The Morgan fingerprint density at radius 3 is 2.05 bits per heavy atom. The highest BCUT2D eigenvalue weighted by Crippen LogP contribution is 2.84. The molecule has 0 fully saturated rings. The lowest BCUT2D eigenvalue weighted by Gasteiger charge is -2.37. The molecule has 114 valence electrons. The fourth-order valence-corrected chi connectivity index (χ4v) is 19.9. The van der Waals surface area contributed by atoms with Crippen molar-refractivity contribution in [3.63, 3.8) is 0 Å². The van der Waals surface area contributed by atoms with Crippen LogP contribution in [0.1, 0.15) is 13.8 Å². The van der Waals surface area contributed by atoms with Gasteiger partial charge in [0.15, 0.2) is 0 Å². The molecule has 0 aromatic carbocycles. The van der Waals surface area contributed by atoms with E-state index in [0.29, 0.717) is 10.5 Å². The first kappa shape index (κ1) is 18.4. The van der Waals surface area contributed by atoms with Crippen molar-refractivity contribution in [3.05, 3.63) is 30.1 Å². The van der Waals surface area contributed by atoms with Crippen LogP contribution >= 0.6 is 90.2 Å². The average Bonchev–Trinajstić information content (AvgIpc) is 3.07. The molecule has 2 heterocycles. The molecule has 2 rings (SSSR count). The summed E-state index contributed by atoms with van der Waals surface area (Å²) in [6, 6.07) is 0. The molecule has 8 heteroatoms. The monoisotopic (exact) mass is 418 g/mol. The second kappa shape index (κ2) is 8.76. The first-order chi connectivity index (χ1) is 9.61. The lowest BCUT2D eigenvalue weighted by molar-refractivity contribution is 1.14. The van der Waals surface area contributed by atoms with Gasteiger partial charge in [-0.1, -0.05) is 78.8 Å². The summed E-state index contributed by atoms with van der Waals surface area (Å²) < 4.78 is 3.03. The highest BCUT2D eigenvalue weighted by atomic mass is 33.6. The van der Waals surface area contributed by atoms with E-state index in [-0.39, 0.29) is 0 Å². The highest BCUT2D eigenvalue weighted by molar-refractivity contribution is 9.28. The van der Waals surface area contributed by atoms with E-state index in [1.165, 1.54) is 4.24 Å². The number of rotatable bonds is 6. The molecule has 0 saturated carbocycles. The molecule has 0 nitrogen and oxygen atoms in total. The van der Waals surface area contributed by atoms with Crippen LogP contribution in [0, 0.1) is 0 Å². The van der Waals surface area contributed by atoms with Crippen molar-refractivity contribution in [2.75, 3.05) is 11.5 Å². The van der Waals surface area contributed by atoms with Crippen molar-refractivity contribution in [2.45, 2.75) is 24.3 Å². The minimum Gasteiger partial charge on any atom is -0.178 e. The third-order valence-corrected chi connectivity index (χ3v) is 18.7. The van der Waals surface area contributed by atoms with Crippen LogP contribution < -0.4 is 0 Å². The van der Waals surface area contributed by atoms with Gasteiger partial charge in [0.1, 0.15) is 0 Å². The van der Waals surface area contributed by atoms with E-state index in [1.54, 1.807) is 4.24 Å². The summed E-state index contributed by atoms with van der Waals surface area (Å²) in [6.45, 7) is 4.56. The molecule has 0 amide bonds. The van der Waals surface area contributed by atoms with Gasteiger partial charge in [-0.25, -0.2) is 0 Å². The molecule has 0 radical (unpaired) electrons.